The number of halogens is 3. The number of hydrogen-bond acceptors (Lipinski definition) is 4. The van der Waals surface area contributed by atoms with Crippen LogP contribution in [0.5, 0.6) is 0 Å². The van der Waals surface area contributed by atoms with Crippen molar-refractivity contribution in [3.05, 3.63) is 81.9 Å². The molecule has 0 unspecified atom stereocenters. The smallest absolute Gasteiger partial charge is 0.273 e. The molecule has 3 amide bonds. The second-order valence-electron chi connectivity index (χ2n) is 8.17. The minimum Gasteiger partial charge on any atom is -0.292 e. The molecule has 0 spiro atoms. The van der Waals surface area contributed by atoms with E-state index in [4.69, 9.17) is 34.8 Å². The Morgan fingerprint density at radius 3 is 1.79 bits per heavy atom. The van der Waals surface area contributed by atoms with E-state index in [-0.39, 0.29) is 23.4 Å². The number of carbonyl (C=O) groups is 4. The lowest BCUT2D eigenvalue weighted by molar-refractivity contribution is -0.156. The van der Waals surface area contributed by atoms with Gasteiger partial charge in [0.2, 0.25) is 0 Å². The fourth-order valence-electron chi connectivity index (χ4n) is 4.37. The van der Waals surface area contributed by atoms with E-state index in [0.29, 0.717) is 22.9 Å². The number of benzene rings is 2. The van der Waals surface area contributed by atoms with E-state index in [1.54, 1.807) is 12.1 Å². The van der Waals surface area contributed by atoms with Crippen molar-refractivity contribution in [2.24, 2.45) is 11.8 Å². The van der Waals surface area contributed by atoms with Crippen LogP contribution in [0.1, 0.15) is 40.0 Å². The molecule has 0 saturated carbocycles. The lowest BCUT2D eigenvalue weighted by atomic mass is 9.85. The summed E-state index contributed by atoms with van der Waals surface area (Å²) in [5, 5.41) is 2.72. The first-order valence-corrected chi connectivity index (χ1v) is 12.1. The van der Waals surface area contributed by atoms with Crippen molar-refractivity contribution in [2.45, 2.75) is 25.3 Å². The summed E-state index contributed by atoms with van der Waals surface area (Å²) in [6.45, 7) is 0. The van der Waals surface area contributed by atoms with Crippen molar-refractivity contribution in [1.82, 2.24) is 10.0 Å². The highest BCUT2D eigenvalue weighted by Crippen LogP contribution is 2.37. The van der Waals surface area contributed by atoms with E-state index in [2.05, 4.69) is 0 Å². The van der Waals surface area contributed by atoms with Crippen LogP contribution in [-0.2, 0) is 9.59 Å². The molecule has 34 heavy (non-hydrogen) atoms. The molecule has 0 bridgehead atoms. The van der Waals surface area contributed by atoms with Gasteiger partial charge in [-0.05, 0) is 67.8 Å². The number of hydrogen-bond donors (Lipinski definition) is 0. The van der Waals surface area contributed by atoms with E-state index in [1.165, 1.54) is 36.4 Å². The van der Waals surface area contributed by atoms with Crippen LogP contribution in [0.15, 0.2) is 60.7 Å². The van der Waals surface area contributed by atoms with Crippen LogP contribution in [0.3, 0.4) is 0 Å². The summed E-state index contributed by atoms with van der Waals surface area (Å²) < 4.78 is 0. The number of nitrogens with zero attached hydrogens (tertiary/aromatic N) is 2. The molecule has 0 radical (unpaired) electrons. The Morgan fingerprint density at radius 1 is 0.853 bits per heavy atom. The van der Waals surface area contributed by atoms with Crippen LogP contribution in [0.25, 0.3) is 0 Å². The number of allylic oxidation sites excluding steroid dienone is 2. The van der Waals surface area contributed by atoms with Crippen LogP contribution in [-0.4, -0.2) is 45.4 Å². The highest BCUT2D eigenvalue weighted by Gasteiger charge is 2.53. The molecule has 176 valence electrons. The van der Waals surface area contributed by atoms with Crippen LogP contribution in [0, 0.1) is 11.8 Å². The fourth-order valence-corrected chi connectivity index (χ4v) is 4.82. The predicted octanol–water partition coefficient (Wildman–Crippen LogP) is 5.18. The average Bonchev–Trinajstić information content (AvgIpc) is 3.09. The summed E-state index contributed by atoms with van der Waals surface area (Å²) in [7, 11) is 0. The molecule has 2 aromatic rings. The van der Waals surface area contributed by atoms with Gasteiger partial charge in [0, 0.05) is 27.1 Å². The lowest BCUT2D eigenvalue weighted by Crippen LogP contribution is -2.57. The van der Waals surface area contributed by atoms with Crippen LogP contribution in [0.4, 0.5) is 0 Å². The summed E-state index contributed by atoms with van der Waals surface area (Å²) in [5.41, 5.74) is 0.466. The third-order valence-electron chi connectivity index (χ3n) is 6.11. The van der Waals surface area contributed by atoms with Crippen molar-refractivity contribution < 1.29 is 19.2 Å². The number of ketones is 1. The number of alkyl halides is 1. The number of Topliss-reactive ketones (excluding diaryl/α,β-unsaturated/α-hetero) is 1. The molecular weight excluding hydrogens is 499 g/mol. The largest absolute Gasteiger partial charge is 0.292 e. The summed E-state index contributed by atoms with van der Waals surface area (Å²) in [6.07, 6.45) is 4.56. The van der Waals surface area contributed by atoms with Gasteiger partial charge in [-0.2, -0.15) is 5.01 Å². The summed E-state index contributed by atoms with van der Waals surface area (Å²) in [6, 6.07) is 11.0. The molecule has 6 nitrogen and oxygen atoms in total. The zero-order valence-electron chi connectivity index (χ0n) is 18.0. The van der Waals surface area contributed by atoms with Gasteiger partial charge in [-0.15, -0.1) is 11.6 Å². The topological polar surface area (TPSA) is 74.8 Å². The van der Waals surface area contributed by atoms with E-state index in [0.717, 1.165) is 10.0 Å². The second-order valence-corrected chi connectivity index (χ2v) is 9.42. The molecular formula is C25H21Cl3N2O4. The van der Waals surface area contributed by atoms with Crippen molar-refractivity contribution in [2.75, 3.05) is 5.88 Å². The molecule has 4 rings (SSSR count). The summed E-state index contributed by atoms with van der Waals surface area (Å²) in [4.78, 5) is 54.1. The molecule has 0 N–H and O–H groups in total. The second kappa shape index (κ2) is 10.3. The van der Waals surface area contributed by atoms with Crippen LogP contribution in [0.2, 0.25) is 10.0 Å². The normalized spacial score (nSPS) is 20.3. The van der Waals surface area contributed by atoms with Crippen molar-refractivity contribution in [3.63, 3.8) is 0 Å². The standard InChI is InChI=1S/C25H21Cl3N2O4/c26-14-13-21(22(31)15-5-9-17(27)10-6-15)29(23(32)16-7-11-18(28)12-8-16)30-24(33)19-3-1-2-4-20(19)25(30)34/h1-2,5-12,19-21H,3-4,13-14H2/t19-,20+,21-/m0/s1. The SMILES string of the molecule is O=C(c1ccc(Cl)cc1)[C@H](CCCl)N(C(=O)c1ccc(Cl)cc1)N1C(=O)[C@H]2CC=CC[C@H]2C1=O. The Labute approximate surface area is 212 Å². The minimum absolute atomic E-state index is 0.0268. The Hall–Kier alpha value is -2.67. The molecule has 2 aliphatic rings. The van der Waals surface area contributed by atoms with Crippen LogP contribution >= 0.6 is 34.8 Å². The average molecular weight is 520 g/mol. The Kier molecular flexibility index (Phi) is 7.41. The molecule has 9 heteroatoms. The molecule has 2 aromatic carbocycles. The van der Waals surface area contributed by atoms with E-state index in [1.807, 2.05) is 12.2 Å². The number of rotatable bonds is 7. The molecule has 1 saturated heterocycles. The fraction of sp³-hybridized carbons (Fsp3) is 0.280. The quantitative estimate of drug-likeness (QED) is 0.219. The molecule has 3 atom stereocenters. The first-order valence-electron chi connectivity index (χ1n) is 10.8. The third kappa shape index (κ3) is 4.63. The predicted molar refractivity (Wildman–Crippen MR) is 130 cm³/mol. The molecule has 1 aliphatic carbocycles. The van der Waals surface area contributed by atoms with E-state index >= 15 is 0 Å². The first-order chi connectivity index (χ1) is 16.3. The highest BCUT2D eigenvalue weighted by atomic mass is 35.5. The van der Waals surface area contributed by atoms with Gasteiger partial charge in [-0.1, -0.05) is 35.4 Å². The zero-order valence-corrected chi connectivity index (χ0v) is 20.3. The van der Waals surface area contributed by atoms with E-state index in [9.17, 15) is 19.2 Å². The van der Waals surface area contributed by atoms with Crippen molar-refractivity contribution in [3.8, 4) is 0 Å². The number of carbonyl (C=O) groups excluding carboxylic acids is 4. The van der Waals surface area contributed by atoms with Gasteiger partial charge in [0.05, 0.1) is 11.8 Å². The lowest BCUT2D eigenvalue weighted by Gasteiger charge is -2.36. The van der Waals surface area contributed by atoms with Gasteiger partial charge in [-0.25, -0.2) is 5.01 Å². The maximum Gasteiger partial charge on any atom is 0.273 e. The Morgan fingerprint density at radius 2 is 1.32 bits per heavy atom. The molecule has 1 aliphatic heterocycles. The maximum atomic E-state index is 13.8. The van der Waals surface area contributed by atoms with Gasteiger partial charge in [0.25, 0.3) is 17.7 Å². The van der Waals surface area contributed by atoms with Crippen molar-refractivity contribution in [1.29, 1.82) is 0 Å². The number of imide groups is 1. The number of amides is 3. The summed E-state index contributed by atoms with van der Waals surface area (Å²) >= 11 is 18.0. The summed E-state index contributed by atoms with van der Waals surface area (Å²) in [5.74, 6) is -3.22. The van der Waals surface area contributed by atoms with Gasteiger partial charge in [0.1, 0.15) is 6.04 Å². The zero-order chi connectivity index (χ0) is 24.4. The molecule has 1 heterocycles. The Bertz CT molecular complexity index is 1120. The molecule has 1 fully saturated rings. The number of hydrazine groups is 1. The van der Waals surface area contributed by atoms with Crippen molar-refractivity contribution >= 4 is 58.3 Å². The van der Waals surface area contributed by atoms with Gasteiger partial charge in [0.15, 0.2) is 5.78 Å². The first kappa shape index (κ1) is 24.5. The van der Waals surface area contributed by atoms with E-state index < -0.39 is 41.4 Å². The minimum atomic E-state index is -1.18. The molecule has 0 aromatic heterocycles. The maximum absolute atomic E-state index is 13.8. The van der Waals surface area contributed by atoms with Gasteiger partial charge in [-0.3, -0.25) is 19.2 Å². The monoisotopic (exact) mass is 518 g/mol. The number of fused-ring (bicyclic) bond motifs is 1. The highest BCUT2D eigenvalue weighted by molar-refractivity contribution is 6.31. The van der Waals surface area contributed by atoms with Gasteiger partial charge < -0.3 is 0 Å². The Balaban J connectivity index is 1.80. The van der Waals surface area contributed by atoms with Gasteiger partial charge >= 0.3 is 0 Å². The van der Waals surface area contributed by atoms with Crippen LogP contribution < -0.4 is 0 Å². The third-order valence-corrected chi connectivity index (χ3v) is 6.83.